The van der Waals surface area contributed by atoms with Gasteiger partial charge in [-0.2, -0.15) is 5.10 Å². The minimum atomic E-state index is -0.242. The van der Waals surface area contributed by atoms with Gasteiger partial charge in [0, 0.05) is 36.9 Å². The Morgan fingerprint density at radius 1 is 1.14 bits per heavy atom. The summed E-state index contributed by atoms with van der Waals surface area (Å²) in [6, 6.07) is 9.36. The van der Waals surface area contributed by atoms with Crippen LogP contribution < -0.4 is 0 Å². The molecule has 8 nitrogen and oxygen atoms in total. The van der Waals surface area contributed by atoms with Gasteiger partial charge in [0.25, 0.3) is 5.91 Å². The summed E-state index contributed by atoms with van der Waals surface area (Å²) in [5.74, 6) is -0.242. The van der Waals surface area contributed by atoms with E-state index < -0.39 is 0 Å². The SMILES string of the molecule is CCN(OC)C(=O)c1cc(-c2cccnc2)nc2c1cnn2Cc1cccnc1. The van der Waals surface area contributed by atoms with Crippen LogP contribution in [0.4, 0.5) is 0 Å². The van der Waals surface area contributed by atoms with E-state index in [4.69, 9.17) is 9.82 Å². The number of carbonyl (C=O) groups is 1. The fraction of sp³-hybridized carbons (Fsp3) is 0.190. The maximum atomic E-state index is 13.1. The molecular weight excluding hydrogens is 368 g/mol. The van der Waals surface area contributed by atoms with Crippen LogP contribution >= 0.6 is 0 Å². The lowest BCUT2D eigenvalue weighted by molar-refractivity contribution is -0.0913. The van der Waals surface area contributed by atoms with Crippen molar-refractivity contribution in [2.75, 3.05) is 13.7 Å². The third-order valence-electron chi connectivity index (χ3n) is 4.59. The molecule has 0 bridgehead atoms. The average Bonchev–Trinajstić information content (AvgIpc) is 3.18. The number of amides is 1. The second-order valence-electron chi connectivity index (χ2n) is 6.38. The fourth-order valence-electron chi connectivity index (χ4n) is 3.16. The molecule has 0 N–H and O–H groups in total. The Morgan fingerprint density at radius 2 is 1.93 bits per heavy atom. The van der Waals surface area contributed by atoms with Gasteiger partial charge in [-0.15, -0.1) is 0 Å². The predicted molar refractivity (Wildman–Crippen MR) is 108 cm³/mol. The van der Waals surface area contributed by atoms with E-state index >= 15 is 0 Å². The molecule has 0 aliphatic carbocycles. The van der Waals surface area contributed by atoms with Gasteiger partial charge in [0.05, 0.1) is 36.5 Å². The molecule has 0 aliphatic rings. The van der Waals surface area contributed by atoms with Gasteiger partial charge in [0.1, 0.15) is 0 Å². The minimum Gasteiger partial charge on any atom is -0.274 e. The van der Waals surface area contributed by atoms with Crippen LogP contribution in [0.1, 0.15) is 22.8 Å². The molecule has 0 spiro atoms. The molecule has 146 valence electrons. The van der Waals surface area contributed by atoms with Crippen LogP contribution in [0.15, 0.2) is 61.3 Å². The average molecular weight is 388 g/mol. The van der Waals surface area contributed by atoms with Crippen LogP contribution in [-0.2, 0) is 11.4 Å². The summed E-state index contributed by atoms with van der Waals surface area (Å²) in [5, 5.41) is 6.45. The number of hydroxylamine groups is 2. The van der Waals surface area contributed by atoms with Gasteiger partial charge in [0.2, 0.25) is 0 Å². The highest BCUT2D eigenvalue weighted by Crippen LogP contribution is 2.26. The Labute approximate surface area is 167 Å². The van der Waals surface area contributed by atoms with Gasteiger partial charge in [-0.25, -0.2) is 14.7 Å². The lowest BCUT2D eigenvalue weighted by Crippen LogP contribution is -2.29. The molecule has 0 atom stereocenters. The molecule has 0 unspecified atom stereocenters. The van der Waals surface area contributed by atoms with Crippen molar-refractivity contribution in [3.05, 3.63) is 72.4 Å². The Kier molecular flexibility index (Phi) is 5.26. The van der Waals surface area contributed by atoms with E-state index in [2.05, 4.69) is 15.1 Å². The second-order valence-corrected chi connectivity index (χ2v) is 6.38. The largest absolute Gasteiger partial charge is 0.278 e. The van der Waals surface area contributed by atoms with Gasteiger partial charge in [-0.1, -0.05) is 6.07 Å². The first-order valence-electron chi connectivity index (χ1n) is 9.23. The van der Waals surface area contributed by atoms with Gasteiger partial charge < -0.3 is 0 Å². The fourth-order valence-corrected chi connectivity index (χ4v) is 3.16. The molecular formula is C21H20N6O2. The summed E-state index contributed by atoms with van der Waals surface area (Å²) in [5.41, 5.74) is 3.55. The standard InChI is InChI=1S/C21H20N6O2/c1-3-27(29-2)21(28)17-10-19(16-7-5-9-23-12-16)25-20-18(17)13-24-26(20)14-15-6-4-8-22-11-15/h4-13H,3,14H2,1-2H3. The molecule has 4 heterocycles. The quantitative estimate of drug-likeness (QED) is 0.472. The summed E-state index contributed by atoms with van der Waals surface area (Å²) >= 11 is 0. The monoisotopic (exact) mass is 388 g/mol. The van der Waals surface area contributed by atoms with Crippen molar-refractivity contribution in [3.63, 3.8) is 0 Å². The molecule has 1 amide bonds. The normalized spacial score (nSPS) is 11.0. The number of pyridine rings is 3. The summed E-state index contributed by atoms with van der Waals surface area (Å²) in [6.07, 6.45) is 8.60. The van der Waals surface area contributed by atoms with E-state index in [9.17, 15) is 4.79 Å². The van der Waals surface area contributed by atoms with Crippen molar-refractivity contribution in [1.82, 2.24) is 29.8 Å². The summed E-state index contributed by atoms with van der Waals surface area (Å²) in [7, 11) is 1.48. The number of rotatable bonds is 6. The van der Waals surface area contributed by atoms with E-state index in [1.807, 2.05) is 31.2 Å². The van der Waals surface area contributed by atoms with Gasteiger partial charge >= 0.3 is 0 Å². The zero-order chi connectivity index (χ0) is 20.2. The number of hydrogen-bond donors (Lipinski definition) is 0. The Hall–Kier alpha value is -3.65. The van der Waals surface area contributed by atoms with E-state index in [-0.39, 0.29) is 5.91 Å². The summed E-state index contributed by atoms with van der Waals surface area (Å²) < 4.78 is 1.77. The highest BCUT2D eigenvalue weighted by atomic mass is 16.7. The number of carbonyl (C=O) groups excluding carboxylic acids is 1. The van der Waals surface area contributed by atoms with Gasteiger partial charge in [-0.05, 0) is 36.8 Å². The van der Waals surface area contributed by atoms with Crippen LogP contribution in [0, 0.1) is 0 Å². The lowest BCUT2D eigenvalue weighted by atomic mass is 10.1. The molecule has 4 aromatic rings. The number of nitrogens with zero attached hydrogens (tertiary/aromatic N) is 6. The Balaban J connectivity index is 1.88. The van der Waals surface area contributed by atoms with Crippen LogP contribution in [-0.4, -0.2) is 49.4 Å². The minimum absolute atomic E-state index is 0.242. The first-order chi connectivity index (χ1) is 14.2. The molecule has 0 saturated carbocycles. The summed E-state index contributed by atoms with van der Waals surface area (Å²) in [4.78, 5) is 31.4. The third kappa shape index (κ3) is 3.70. The zero-order valence-electron chi connectivity index (χ0n) is 16.2. The van der Waals surface area contributed by atoms with Crippen molar-refractivity contribution in [3.8, 4) is 11.3 Å². The van der Waals surface area contributed by atoms with E-state index in [0.717, 1.165) is 11.1 Å². The number of hydrogen-bond acceptors (Lipinski definition) is 6. The Morgan fingerprint density at radius 3 is 2.59 bits per heavy atom. The molecule has 8 heteroatoms. The molecule has 4 rings (SSSR count). The van der Waals surface area contributed by atoms with Crippen molar-refractivity contribution >= 4 is 16.9 Å². The van der Waals surface area contributed by atoms with Crippen LogP contribution in [0.5, 0.6) is 0 Å². The maximum absolute atomic E-state index is 13.1. The second kappa shape index (κ2) is 8.15. The van der Waals surface area contributed by atoms with Crippen LogP contribution in [0.25, 0.3) is 22.3 Å². The predicted octanol–water partition coefficient (Wildman–Crippen LogP) is 2.96. The Bertz CT molecular complexity index is 1120. The van der Waals surface area contributed by atoms with Crippen molar-refractivity contribution in [1.29, 1.82) is 0 Å². The molecule has 4 aromatic heterocycles. The van der Waals surface area contributed by atoms with Crippen LogP contribution in [0.3, 0.4) is 0 Å². The first-order valence-corrected chi connectivity index (χ1v) is 9.23. The molecule has 0 radical (unpaired) electrons. The number of aromatic nitrogens is 5. The topological polar surface area (TPSA) is 86.0 Å². The molecule has 0 aromatic carbocycles. The van der Waals surface area contributed by atoms with E-state index in [1.54, 1.807) is 41.7 Å². The maximum Gasteiger partial charge on any atom is 0.278 e. The van der Waals surface area contributed by atoms with E-state index in [1.165, 1.54) is 12.2 Å². The third-order valence-corrected chi connectivity index (χ3v) is 4.59. The number of fused-ring (bicyclic) bond motifs is 1. The highest BCUT2D eigenvalue weighted by molar-refractivity contribution is 6.06. The molecule has 29 heavy (non-hydrogen) atoms. The molecule has 0 aliphatic heterocycles. The van der Waals surface area contributed by atoms with Crippen molar-refractivity contribution < 1.29 is 9.63 Å². The van der Waals surface area contributed by atoms with E-state index in [0.29, 0.717) is 35.4 Å². The van der Waals surface area contributed by atoms with Crippen molar-refractivity contribution in [2.45, 2.75) is 13.5 Å². The van der Waals surface area contributed by atoms with Crippen LogP contribution in [0.2, 0.25) is 0 Å². The van der Waals surface area contributed by atoms with Gasteiger partial charge in [-0.3, -0.25) is 19.6 Å². The van der Waals surface area contributed by atoms with Gasteiger partial charge in [0.15, 0.2) is 5.65 Å². The zero-order valence-corrected chi connectivity index (χ0v) is 16.2. The van der Waals surface area contributed by atoms with Crippen molar-refractivity contribution in [2.24, 2.45) is 0 Å². The lowest BCUT2D eigenvalue weighted by Gasteiger charge is -2.18. The molecule has 0 fully saturated rings. The highest BCUT2D eigenvalue weighted by Gasteiger charge is 2.21. The smallest absolute Gasteiger partial charge is 0.274 e. The summed E-state index contributed by atoms with van der Waals surface area (Å²) in [6.45, 7) is 2.77. The molecule has 0 saturated heterocycles. The first kappa shape index (κ1) is 18.7.